The maximum atomic E-state index is 13.9. The highest BCUT2D eigenvalue weighted by Crippen LogP contribution is 2.34. The molecular formula is C28H36N4O6S3. The number of nitrogens with zero attached hydrogens (tertiary/aromatic N) is 4. The van der Waals surface area contributed by atoms with Crippen LogP contribution in [0.2, 0.25) is 0 Å². The number of piperidine rings is 1. The first kappa shape index (κ1) is 30.1. The second-order valence-corrected chi connectivity index (χ2v) is 16.0. The topological polar surface area (TPSA) is 117 Å². The van der Waals surface area contributed by atoms with Gasteiger partial charge in [0.1, 0.15) is 5.52 Å². The number of aromatic nitrogens is 1. The molecule has 3 aromatic rings. The lowest BCUT2D eigenvalue weighted by atomic mass is 9.94. The Balaban J connectivity index is 1.44. The predicted molar refractivity (Wildman–Crippen MR) is 160 cm³/mol. The first-order chi connectivity index (χ1) is 19.4. The van der Waals surface area contributed by atoms with Crippen LogP contribution in [0.25, 0.3) is 10.2 Å². The van der Waals surface area contributed by atoms with Crippen molar-refractivity contribution in [3.05, 3.63) is 48.0 Å². The molecule has 0 N–H and O–H groups in total. The van der Waals surface area contributed by atoms with Crippen LogP contribution in [0.5, 0.6) is 0 Å². The van der Waals surface area contributed by atoms with Crippen molar-refractivity contribution in [3.63, 3.8) is 0 Å². The van der Waals surface area contributed by atoms with Gasteiger partial charge in [0.05, 0.1) is 27.7 Å². The van der Waals surface area contributed by atoms with Crippen LogP contribution in [0, 0.1) is 11.8 Å². The molecule has 2 unspecified atom stereocenters. The lowest BCUT2D eigenvalue weighted by Crippen LogP contribution is -2.43. The molecule has 2 aliphatic rings. The third kappa shape index (κ3) is 6.65. The van der Waals surface area contributed by atoms with E-state index < -0.39 is 19.9 Å². The Morgan fingerprint density at radius 1 is 1.02 bits per heavy atom. The van der Waals surface area contributed by atoms with Gasteiger partial charge in [-0.3, -0.25) is 14.6 Å². The monoisotopic (exact) mass is 620 g/mol. The van der Waals surface area contributed by atoms with Gasteiger partial charge in [0.15, 0.2) is 15.0 Å². The number of ether oxygens (including phenoxy) is 1. The quantitative estimate of drug-likeness (QED) is 0.377. The van der Waals surface area contributed by atoms with Crippen LogP contribution in [0.3, 0.4) is 0 Å². The number of fused-ring (bicyclic) bond motifs is 1. The van der Waals surface area contributed by atoms with Gasteiger partial charge in [-0.2, -0.15) is 4.31 Å². The van der Waals surface area contributed by atoms with E-state index in [1.54, 1.807) is 29.2 Å². The molecule has 0 radical (unpaired) electrons. The number of thiazole rings is 1. The normalized spacial score (nSPS) is 21.2. The molecule has 5 rings (SSSR count). The summed E-state index contributed by atoms with van der Waals surface area (Å²) in [5.41, 5.74) is 0.666. The van der Waals surface area contributed by atoms with Gasteiger partial charge in [-0.05, 0) is 54.7 Å². The van der Waals surface area contributed by atoms with E-state index in [1.807, 2.05) is 0 Å². The van der Waals surface area contributed by atoms with Crippen molar-refractivity contribution in [2.24, 2.45) is 11.8 Å². The maximum Gasteiger partial charge on any atom is 0.260 e. The third-order valence-electron chi connectivity index (χ3n) is 7.56. The van der Waals surface area contributed by atoms with E-state index in [9.17, 15) is 21.6 Å². The lowest BCUT2D eigenvalue weighted by molar-refractivity contribution is 0.0391. The van der Waals surface area contributed by atoms with Gasteiger partial charge in [-0.1, -0.05) is 31.3 Å². The van der Waals surface area contributed by atoms with Gasteiger partial charge >= 0.3 is 0 Å². The number of carbonyl (C=O) groups excluding carboxylic acids is 1. The number of morpholine rings is 1. The summed E-state index contributed by atoms with van der Waals surface area (Å²) in [4.78, 5) is 22.6. The molecule has 2 atom stereocenters. The number of sulfonamides is 1. The number of para-hydroxylation sites is 1. The van der Waals surface area contributed by atoms with Crippen LogP contribution in [0.4, 0.5) is 5.13 Å². The second-order valence-electron chi connectivity index (χ2n) is 11.1. The number of amides is 1. The average molecular weight is 621 g/mol. The fraction of sp³-hybridized carbons (Fsp3) is 0.500. The van der Waals surface area contributed by atoms with Gasteiger partial charge in [-0.25, -0.2) is 21.8 Å². The van der Waals surface area contributed by atoms with Crippen LogP contribution in [-0.4, -0.2) is 95.7 Å². The first-order valence-corrected chi connectivity index (χ1v) is 17.9. The minimum absolute atomic E-state index is 0.119. The fourth-order valence-corrected chi connectivity index (χ4v) is 9.15. The zero-order valence-corrected chi connectivity index (χ0v) is 26.0. The molecular weight excluding hydrogens is 585 g/mol. The van der Waals surface area contributed by atoms with E-state index in [0.29, 0.717) is 60.3 Å². The van der Waals surface area contributed by atoms with Gasteiger partial charge in [0.25, 0.3) is 5.91 Å². The van der Waals surface area contributed by atoms with Crippen molar-refractivity contribution in [3.8, 4) is 0 Å². The Morgan fingerprint density at radius 3 is 2.32 bits per heavy atom. The molecule has 2 aromatic carbocycles. The minimum atomic E-state index is -3.68. The number of anilines is 1. The molecule has 41 heavy (non-hydrogen) atoms. The summed E-state index contributed by atoms with van der Waals surface area (Å²) in [6.45, 7) is 8.75. The Labute approximate surface area is 245 Å². The summed E-state index contributed by atoms with van der Waals surface area (Å²) >= 11 is 1.26. The smallest absolute Gasteiger partial charge is 0.260 e. The van der Waals surface area contributed by atoms with Crippen molar-refractivity contribution >= 4 is 52.5 Å². The molecule has 1 amide bonds. The number of sulfone groups is 1. The van der Waals surface area contributed by atoms with Crippen LogP contribution >= 0.6 is 11.3 Å². The van der Waals surface area contributed by atoms with Crippen molar-refractivity contribution < 1.29 is 26.4 Å². The summed E-state index contributed by atoms with van der Waals surface area (Å²) in [7, 11) is -7.20. The van der Waals surface area contributed by atoms with Gasteiger partial charge < -0.3 is 4.74 Å². The number of carbonyl (C=O) groups is 1. The number of hydrogen-bond acceptors (Lipinski definition) is 9. The van der Waals surface area contributed by atoms with Crippen molar-refractivity contribution in [2.75, 3.05) is 63.6 Å². The second kappa shape index (κ2) is 12.1. The van der Waals surface area contributed by atoms with Crippen molar-refractivity contribution in [2.45, 2.75) is 30.1 Å². The van der Waals surface area contributed by atoms with Crippen LogP contribution in [0.1, 0.15) is 30.6 Å². The molecule has 1 aromatic heterocycles. The molecule has 0 bridgehead atoms. The zero-order valence-electron chi connectivity index (χ0n) is 23.5. The van der Waals surface area contributed by atoms with E-state index >= 15 is 0 Å². The number of benzene rings is 2. The van der Waals surface area contributed by atoms with Gasteiger partial charge in [0.2, 0.25) is 10.0 Å². The van der Waals surface area contributed by atoms with E-state index in [1.165, 1.54) is 33.8 Å². The summed E-state index contributed by atoms with van der Waals surface area (Å²) in [5, 5.41) is 0.391. The molecule has 2 aliphatic heterocycles. The van der Waals surface area contributed by atoms with Gasteiger partial charge in [-0.15, -0.1) is 0 Å². The van der Waals surface area contributed by atoms with E-state index in [-0.39, 0.29) is 27.5 Å². The van der Waals surface area contributed by atoms with E-state index in [4.69, 9.17) is 4.74 Å². The molecule has 222 valence electrons. The predicted octanol–water partition coefficient (Wildman–Crippen LogP) is 3.35. The van der Waals surface area contributed by atoms with Crippen LogP contribution in [0.15, 0.2) is 52.3 Å². The Bertz CT molecular complexity index is 1610. The standard InChI is InChI=1S/C28H36N4O6S3/c1-20-17-21(2)19-31(18-20)41(36,37)23-9-7-22(8-10-23)27(33)32(12-11-30-13-15-38-16-14-30)28-29-26-24(39-28)5-4-6-25(26)40(3,34)35/h4-10,20-21H,11-19H2,1-3H3. The average Bonchev–Trinajstić information content (AvgIpc) is 3.36. The van der Waals surface area contributed by atoms with Crippen LogP contribution < -0.4 is 4.90 Å². The summed E-state index contributed by atoms with van der Waals surface area (Å²) < 4.78 is 59.2. The Kier molecular flexibility index (Phi) is 8.84. The number of hydrogen-bond donors (Lipinski definition) is 0. The highest BCUT2D eigenvalue weighted by Gasteiger charge is 2.32. The largest absolute Gasteiger partial charge is 0.379 e. The summed E-state index contributed by atoms with van der Waals surface area (Å²) in [5.74, 6) is 0.236. The SMILES string of the molecule is CC1CC(C)CN(S(=O)(=O)c2ccc(C(=O)N(CCN3CCOCC3)c3nc4c(S(C)(=O)=O)cccc4s3)cc2)C1. The molecule has 10 nitrogen and oxygen atoms in total. The van der Waals surface area contributed by atoms with Crippen molar-refractivity contribution in [1.82, 2.24) is 14.2 Å². The Morgan fingerprint density at radius 2 is 1.68 bits per heavy atom. The van der Waals surface area contributed by atoms with E-state index in [2.05, 4.69) is 23.7 Å². The number of rotatable bonds is 8. The molecule has 2 saturated heterocycles. The molecule has 13 heteroatoms. The highest BCUT2D eigenvalue weighted by atomic mass is 32.2. The molecule has 2 fully saturated rings. The van der Waals surface area contributed by atoms with E-state index in [0.717, 1.165) is 25.8 Å². The van der Waals surface area contributed by atoms with Crippen molar-refractivity contribution in [1.29, 1.82) is 0 Å². The zero-order chi connectivity index (χ0) is 29.4. The minimum Gasteiger partial charge on any atom is -0.379 e. The molecule has 0 saturated carbocycles. The molecule has 3 heterocycles. The maximum absolute atomic E-state index is 13.9. The highest BCUT2D eigenvalue weighted by molar-refractivity contribution is 7.91. The molecule has 0 aliphatic carbocycles. The summed E-state index contributed by atoms with van der Waals surface area (Å²) in [6, 6.07) is 11.1. The molecule has 0 spiro atoms. The fourth-order valence-electron chi connectivity index (χ4n) is 5.55. The van der Waals surface area contributed by atoms with Crippen LogP contribution in [-0.2, 0) is 24.6 Å². The Hall–Kier alpha value is -2.42. The third-order valence-corrected chi connectivity index (χ3v) is 11.6. The first-order valence-electron chi connectivity index (χ1n) is 13.8. The lowest BCUT2D eigenvalue weighted by Gasteiger charge is -2.34. The van der Waals surface area contributed by atoms with Gasteiger partial charge in [0, 0.05) is 51.1 Å². The summed E-state index contributed by atoms with van der Waals surface area (Å²) in [6.07, 6.45) is 2.14.